The van der Waals surface area contributed by atoms with Crippen molar-refractivity contribution in [2.45, 2.75) is 58.5 Å². The Morgan fingerprint density at radius 1 is 1.33 bits per heavy atom. The lowest BCUT2D eigenvalue weighted by Gasteiger charge is -2.26. The highest BCUT2D eigenvalue weighted by molar-refractivity contribution is 5.54. The normalized spacial score (nSPS) is 16.9. The molecule has 2 rings (SSSR count). The number of rotatable bonds is 3. The van der Waals surface area contributed by atoms with E-state index in [9.17, 15) is 0 Å². The zero-order valence-electron chi connectivity index (χ0n) is 12.1. The average molecular weight is 246 g/mol. The lowest BCUT2D eigenvalue weighted by Crippen LogP contribution is -2.43. The minimum absolute atomic E-state index is 0.190. The van der Waals surface area contributed by atoms with E-state index in [1.807, 2.05) is 0 Å². The molecule has 1 aliphatic rings. The molecule has 0 fully saturated rings. The van der Waals surface area contributed by atoms with Crippen LogP contribution in [0, 0.1) is 0 Å². The standard InChI is InChI=1S/C16H26N2/c1-12(18-16(2,3)4)10-13-7-8-15-14(11-13)6-5-9-17-15/h7-8,11-12,17-18H,5-6,9-10H2,1-4H3. The molecule has 1 unspecified atom stereocenters. The SMILES string of the molecule is CC(Cc1ccc2c(c1)CCCN2)NC(C)(C)C. The molecule has 0 spiro atoms. The van der Waals surface area contributed by atoms with Crippen LogP contribution in [-0.2, 0) is 12.8 Å². The van der Waals surface area contributed by atoms with Crippen LogP contribution in [0.4, 0.5) is 5.69 Å². The Labute approximate surface area is 111 Å². The molecule has 1 heterocycles. The lowest BCUT2D eigenvalue weighted by atomic mass is 9.97. The number of hydrogen-bond donors (Lipinski definition) is 2. The minimum Gasteiger partial charge on any atom is -0.385 e. The predicted molar refractivity (Wildman–Crippen MR) is 79.3 cm³/mol. The summed E-state index contributed by atoms with van der Waals surface area (Å²) in [7, 11) is 0. The first-order valence-corrected chi connectivity index (χ1v) is 7.07. The van der Waals surface area contributed by atoms with Crippen molar-refractivity contribution in [3.05, 3.63) is 29.3 Å². The van der Waals surface area contributed by atoms with E-state index < -0.39 is 0 Å². The van der Waals surface area contributed by atoms with Gasteiger partial charge in [0.2, 0.25) is 0 Å². The second kappa shape index (κ2) is 5.31. The van der Waals surface area contributed by atoms with Crippen molar-refractivity contribution in [3.8, 4) is 0 Å². The van der Waals surface area contributed by atoms with Crippen molar-refractivity contribution in [3.63, 3.8) is 0 Å². The Morgan fingerprint density at radius 2 is 2.11 bits per heavy atom. The van der Waals surface area contributed by atoms with Gasteiger partial charge in [-0.25, -0.2) is 0 Å². The predicted octanol–water partition coefficient (Wildman–Crippen LogP) is 3.36. The molecule has 1 aromatic rings. The van der Waals surface area contributed by atoms with Gasteiger partial charge in [0, 0.05) is 23.8 Å². The molecule has 0 saturated carbocycles. The first-order valence-electron chi connectivity index (χ1n) is 7.07. The van der Waals surface area contributed by atoms with Crippen LogP contribution in [0.1, 0.15) is 45.2 Å². The molecule has 0 saturated heterocycles. The average Bonchev–Trinajstić information content (AvgIpc) is 2.26. The van der Waals surface area contributed by atoms with Gasteiger partial charge in [-0.1, -0.05) is 12.1 Å². The summed E-state index contributed by atoms with van der Waals surface area (Å²) >= 11 is 0. The van der Waals surface area contributed by atoms with Gasteiger partial charge in [-0.15, -0.1) is 0 Å². The molecule has 1 aliphatic heterocycles. The molecule has 0 amide bonds. The van der Waals surface area contributed by atoms with Crippen LogP contribution in [0.15, 0.2) is 18.2 Å². The van der Waals surface area contributed by atoms with Crippen molar-refractivity contribution in [1.29, 1.82) is 0 Å². The van der Waals surface area contributed by atoms with E-state index in [-0.39, 0.29) is 5.54 Å². The molecular weight excluding hydrogens is 220 g/mol. The fourth-order valence-electron chi connectivity index (χ4n) is 2.80. The number of hydrogen-bond acceptors (Lipinski definition) is 2. The fraction of sp³-hybridized carbons (Fsp3) is 0.625. The van der Waals surface area contributed by atoms with Gasteiger partial charge in [0.1, 0.15) is 0 Å². The summed E-state index contributed by atoms with van der Waals surface area (Å²) in [6.07, 6.45) is 3.58. The van der Waals surface area contributed by atoms with Gasteiger partial charge in [-0.2, -0.15) is 0 Å². The van der Waals surface area contributed by atoms with Crippen LogP contribution >= 0.6 is 0 Å². The van der Waals surface area contributed by atoms with Crippen LogP contribution in [0.3, 0.4) is 0 Å². The topological polar surface area (TPSA) is 24.1 Å². The Kier molecular flexibility index (Phi) is 3.96. The molecule has 2 N–H and O–H groups in total. The number of anilines is 1. The summed E-state index contributed by atoms with van der Waals surface area (Å²) in [5, 5.41) is 7.10. The summed E-state index contributed by atoms with van der Waals surface area (Å²) in [4.78, 5) is 0. The molecule has 100 valence electrons. The highest BCUT2D eigenvalue weighted by Gasteiger charge is 2.15. The van der Waals surface area contributed by atoms with Gasteiger partial charge >= 0.3 is 0 Å². The summed E-state index contributed by atoms with van der Waals surface area (Å²) in [5.74, 6) is 0. The van der Waals surface area contributed by atoms with Crippen molar-refractivity contribution < 1.29 is 0 Å². The molecule has 18 heavy (non-hydrogen) atoms. The highest BCUT2D eigenvalue weighted by atomic mass is 15.0. The van der Waals surface area contributed by atoms with E-state index in [1.165, 1.54) is 29.7 Å². The number of benzene rings is 1. The molecule has 2 nitrogen and oxygen atoms in total. The minimum atomic E-state index is 0.190. The third-order valence-corrected chi connectivity index (χ3v) is 3.33. The monoisotopic (exact) mass is 246 g/mol. The van der Waals surface area contributed by atoms with Crippen molar-refractivity contribution in [1.82, 2.24) is 5.32 Å². The second-order valence-corrected chi connectivity index (χ2v) is 6.52. The largest absolute Gasteiger partial charge is 0.385 e. The van der Waals surface area contributed by atoms with Crippen molar-refractivity contribution in [2.24, 2.45) is 0 Å². The summed E-state index contributed by atoms with van der Waals surface area (Å²) in [6, 6.07) is 7.40. The Hall–Kier alpha value is -1.02. The molecule has 0 radical (unpaired) electrons. The maximum atomic E-state index is 3.63. The van der Waals surface area contributed by atoms with E-state index in [0.29, 0.717) is 6.04 Å². The molecule has 0 aliphatic carbocycles. The van der Waals surface area contributed by atoms with Gasteiger partial charge in [0.25, 0.3) is 0 Å². The maximum Gasteiger partial charge on any atom is 0.0372 e. The Morgan fingerprint density at radius 3 is 2.83 bits per heavy atom. The zero-order valence-corrected chi connectivity index (χ0v) is 12.1. The quantitative estimate of drug-likeness (QED) is 0.854. The van der Waals surface area contributed by atoms with Crippen LogP contribution < -0.4 is 10.6 Å². The smallest absolute Gasteiger partial charge is 0.0372 e. The maximum absolute atomic E-state index is 3.63. The highest BCUT2D eigenvalue weighted by Crippen LogP contribution is 2.23. The molecule has 1 atom stereocenters. The number of fused-ring (bicyclic) bond motifs is 1. The van der Waals surface area contributed by atoms with E-state index in [0.717, 1.165) is 13.0 Å². The van der Waals surface area contributed by atoms with Crippen LogP contribution in [0.2, 0.25) is 0 Å². The van der Waals surface area contributed by atoms with Crippen molar-refractivity contribution >= 4 is 5.69 Å². The van der Waals surface area contributed by atoms with Gasteiger partial charge in [0.05, 0.1) is 0 Å². The van der Waals surface area contributed by atoms with Gasteiger partial charge in [-0.05, 0) is 64.2 Å². The van der Waals surface area contributed by atoms with Crippen LogP contribution in [0.5, 0.6) is 0 Å². The first kappa shape index (κ1) is 13.4. The molecule has 0 aromatic heterocycles. The number of aryl methyl sites for hydroxylation is 1. The van der Waals surface area contributed by atoms with Crippen LogP contribution in [0.25, 0.3) is 0 Å². The Balaban J connectivity index is 2.01. The molecule has 1 aromatic carbocycles. The van der Waals surface area contributed by atoms with Crippen LogP contribution in [-0.4, -0.2) is 18.1 Å². The first-order chi connectivity index (χ1) is 8.44. The molecule has 2 heteroatoms. The molecular formula is C16H26N2. The summed E-state index contributed by atoms with van der Waals surface area (Å²) in [5.41, 5.74) is 4.46. The summed E-state index contributed by atoms with van der Waals surface area (Å²) in [6.45, 7) is 10.1. The lowest BCUT2D eigenvalue weighted by molar-refractivity contribution is 0.371. The third-order valence-electron chi connectivity index (χ3n) is 3.33. The summed E-state index contributed by atoms with van der Waals surface area (Å²) < 4.78 is 0. The fourth-order valence-corrected chi connectivity index (χ4v) is 2.80. The second-order valence-electron chi connectivity index (χ2n) is 6.52. The van der Waals surface area contributed by atoms with E-state index in [2.05, 4.69) is 56.5 Å². The Bertz CT molecular complexity index is 404. The molecule has 0 bridgehead atoms. The zero-order chi connectivity index (χ0) is 13.2. The third kappa shape index (κ3) is 3.74. The van der Waals surface area contributed by atoms with Crippen molar-refractivity contribution in [2.75, 3.05) is 11.9 Å². The van der Waals surface area contributed by atoms with Gasteiger partial charge < -0.3 is 10.6 Å². The van der Waals surface area contributed by atoms with E-state index in [1.54, 1.807) is 0 Å². The van der Waals surface area contributed by atoms with Gasteiger partial charge in [-0.3, -0.25) is 0 Å². The van der Waals surface area contributed by atoms with Gasteiger partial charge in [0.15, 0.2) is 0 Å². The van der Waals surface area contributed by atoms with E-state index in [4.69, 9.17) is 0 Å². The number of nitrogens with one attached hydrogen (secondary N) is 2. The van der Waals surface area contributed by atoms with E-state index >= 15 is 0 Å².